The first-order valence-electron chi connectivity index (χ1n) is 6.07. The second-order valence-corrected chi connectivity index (χ2v) is 4.63. The summed E-state index contributed by atoms with van der Waals surface area (Å²) in [6, 6.07) is 8.71. The molecular weight excluding hydrogens is 212 g/mol. The van der Waals surface area contributed by atoms with E-state index in [4.69, 9.17) is 5.11 Å². The molecule has 1 aromatic carbocycles. The Labute approximate surface area is 102 Å². The summed E-state index contributed by atoms with van der Waals surface area (Å²) in [7, 11) is 4.17. The molecule has 1 aromatic heterocycles. The third kappa shape index (κ3) is 2.51. The highest BCUT2D eigenvalue weighted by Gasteiger charge is 2.17. The summed E-state index contributed by atoms with van der Waals surface area (Å²) in [5.74, 6) is 0. The monoisotopic (exact) mass is 232 g/mol. The molecule has 2 aromatic rings. The van der Waals surface area contributed by atoms with E-state index in [9.17, 15) is 0 Å². The van der Waals surface area contributed by atoms with E-state index in [1.54, 1.807) is 0 Å². The predicted octanol–water partition coefficient (Wildman–Crippen LogP) is 2.54. The Morgan fingerprint density at radius 3 is 2.76 bits per heavy atom. The fraction of sp³-hybridized carbons (Fsp3) is 0.429. The molecule has 1 unspecified atom stereocenters. The van der Waals surface area contributed by atoms with Crippen molar-refractivity contribution in [2.45, 2.75) is 18.9 Å². The maximum Gasteiger partial charge on any atom is 0.0457 e. The summed E-state index contributed by atoms with van der Waals surface area (Å²) >= 11 is 0. The molecule has 0 aliphatic carbocycles. The molecule has 0 saturated carbocycles. The van der Waals surface area contributed by atoms with Gasteiger partial charge in [0.1, 0.15) is 0 Å². The Balaban J connectivity index is 2.34. The van der Waals surface area contributed by atoms with E-state index in [2.05, 4.69) is 48.4 Å². The first-order valence-corrected chi connectivity index (χ1v) is 6.07. The molecule has 3 nitrogen and oxygen atoms in total. The van der Waals surface area contributed by atoms with Crippen LogP contribution in [-0.4, -0.2) is 35.7 Å². The second-order valence-electron chi connectivity index (χ2n) is 4.63. The third-order valence-electron chi connectivity index (χ3n) is 3.24. The van der Waals surface area contributed by atoms with E-state index in [-0.39, 0.29) is 6.61 Å². The molecule has 0 bridgehead atoms. The maximum absolute atomic E-state index is 8.98. The molecule has 17 heavy (non-hydrogen) atoms. The van der Waals surface area contributed by atoms with Gasteiger partial charge in [-0.2, -0.15) is 0 Å². The number of aliphatic hydroxyl groups excluding tert-OH is 1. The lowest BCUT2D eigenvalue weighted by Gasteiger charge is -2.23. The van der Waals surface area contributed by atoms with Crippen LogP contribution in [0.4, 0.5) is 0 Å². The molecule has 0 spiro atoms. The van der Waals surface area contributed by atoms with Crippen molar-refractivity contribution in [3.8, 4) is 0 Å². The van der Waals surface area contributed by atoms with Crippen LogP contribution in [0, 0.1) is 0 Å². The summed E-state index contributed by atoms with van der Waals surface area (Å²) in [6.07, 6.45) is 3.90. The van der Waals surface area contributed by atoms with Crippen molar-refractivity contribution >= 4 is 10.9 Å². The van der Waals surface area contributed by atoms with Gasteiger partial charge in [0.25, 0.3) is 0 Å². The van der Waals surface area contributed by atoms with Crippen LogP contribution < -0.4 is 0 Å². The minimum Gasteiger partial charge on any atom is -0.396 e. The zero-order valence-electron chi connectivity index (χ0n) is 10.5. The average molecular weight is 232 g/mol. The topological polar surface area (TPSA) is 39.3 Å². The van der Waals surface area contributed by atoms with Gasteiger partial charge in [0.15, 0.2) is 0 Å². The maximum atomic E-state index is 8.98. The quantitative estimate of drug-likeness (QED) is 0.831. The van der Waals surface area contributed by atoms with Gasteiger partial charge in [-0.05, 0) is 38.6 Å². The number of nitrogens with zero attached hydrogens (tertiary/aromatic N) is 1. The number of aromatic amines is 1. The second kappa shape index (κ2) is 5.34. The number of fused-ring (bicyclic) bond motifs is 1. The van der Waals surface area contributed by atoms with Gasteiger partial charge >= 0.3 is 0 Å². The van der Waals surface area contributed by atoms with Crippen LogP contribution in [0.15, 0.2) is 30.5 Å². The lowest BCUT2D eigenvalue weighted by Crippen LogP contribution is -2.20. The number of hydrogen-bond donors (Lipinski definition) is 2. The molecule has 1 heterocycles. The molecule has 2 N–H and O–H groups in total. The number of aromatic nitrogens is 1. The highest BCUT2D eigenvalue weighted by molar-refractivity contribution is 5.83. The van der Waals surface area contributed by atoms with Gasteiger partial charge in [-0.3, -0.25) is 0 Å². The lowest BCUT2D eigenvalue weighted by atomic mass is 10.0. The predicted molar refractivity (Wildman–Crippen MR) is 71.0 cm³/mol. The fourth-order valence-corrected chi connectivity index (χ4v) is 2.35. The normalized spacial score (nSPS) is 13.4. The minimum atomic E-state index is 0.257. The van der Waals surface area contributed by atoms with Crippen LogP contribution >= 0.6 is 0 Å². The van der Waals surface area contributed by atoms with E-state index in [0.717, 1.165) is 12.8 Å². The number of H-pyrrole nitrogens is 1. The summed E-state index contributed by atoms with van der Waals surface area (Å²) in [4.78, 5) is 5.52. The van der Waals surface area contributed by atoms with Crippen LogP contribution in [0.25, 0.3) is 10.9 Å². The van der Waals surface area contributed by atoms with Gasteiger partial charge in [-0.15, -0.1) is 0 Å². The molecule has 0 aliphatic heterocycles. The van der Waals surface area contributed by atoms with Crippen molar-refractivity contribution in [2.24, 2.45) is 0 Å². The Kier molecular flexibility index (Phi) is 3.82. The molecule has 3 heteroatoms. The molecule has 0 radical (unpaired) electrons. The largest absolute Gasteiger partial charge is 0.396 e. The highest BCUT2D eigenvalue weighted by atomic mass is 16.2. The number of para-hydroxylation sites is 1. The number of nitrogens with one attached hydrogen (secondary N) is 1. The van der Waals surface area contributed by atoms with Crippen LogP contribution in [0.2, 0.25) is 0 Å². The van der Waals surface area contributed by atoms with Crippen LogP contribution in [0.3, 0.4) is 0 Å². The molecule has 0 aliphatic rings. The molecule has 0 amide bonds. The van der Waals surface area contributed by atoms with Gasteiger partial charge in [0.2, 0.25) is 0 Å². The fourth-order valence-electron chi connectivity index (χ4n) is 2.35. The summed E-state index contributed by atoms with van der Waals surface area (Å²) in [5, 5.41) is 10.3. The van der Waals surface area contributed by atoms with E-state index >= 15 is 0 Å². The van der Waals surface area contributed by atoms with Crippen molar-refractivity contribution < 1.29 is 5.11 Å². The van der Waals surface area contributed by atoms with Crippen molar-refractivity contribution in [3.05, 3.63) is 36.0 Å². The number of aliphatic hydroxyl groups is 1. The number of rotatable bonds is 5. The number of hydrogen-bond acceptors (Lipinski definition) is 2. The Morgan fingerprint density at radius 1 is 1.29 bits per heavy atom. The van der Waals surface area contributed by atoms with E-state index in [1.807, 2.05) is 6.07 Å². The zero-order valence-corrected chi connectivity index (χ0v) is 10.5. The van der Waals surface area contributed by atoms with Crippen molar-refractivity contribution in [2.75, 3.05) is 20.7 Å². The summed E-state index contributed by atoms with van der Waals surface area (Å²) < 4.78 is 0. The molecule has 92 valence electrons. The van der Waals surface area contributed by atoms with Crippen molar-refractivity contribution in [1.82, 2.24) is 9.88 Å². The van der Waals surface area contributed by atoms with Crippen molar-refractivity contribution in [3.63, 3.8) is 0 Å². The molecule has 0 fully saturated rings. The molecule has 0 saturated heterocycles. The molecule has 1 atom stereocenters. The van der Waals surface area contributed by atoms with Crippen LogP contribution in [-0.2, 0) is 0 Å². The Morgan fingerprint density at radius 2 is 2.06 bits per heavy atom. The smallest absolute Gasteiger partial charge is 0.0457 e. The minimum absolute atomic E-state index is 0.257. The van der Waals surface area contributed by atoms with Crippen LogP contribution in [0.1, 0.15) is 24.4 Å². The number of benzene rings is 1. The summed E-state index contributed by atoms with van der Waals surface area (Å²) in [5.41, 5.74) is 2.50. The zero-order chi connectivity index (χ0) is 12.3. The Hall–Kier alpha value is -1.32. The van der Waals surface area contributed by atoms with Gasteiger partial charge < -0.3 is 15.0 Å². The molecular formula is C14H20N2O. The third-order valence-corrected chi connectivity index (χ3v) is 3.24. The van der Waals surface area contributed by atoms with Crippen LogP contribution in [0.5, 0.6) is 0 Å². The summed E-state index contributed by atoms with van der Waals surface area (Å²) in [6.45, 7) is 0.257. The Bertz CT molecular complexity index is 476. The first kappa shape index (κ1) is 12.1. The van der Waals surface area contributed by atoms with Crippen molar-refractivity contribution in [1.29, 1.82) is 0 Å². The SMILES string of the molecule is CN(C)C(CCCO)c1c[nH]c2ccccc12. The van der Waals surface area contributed by atoms with Gasteiger partial charge in [0.05, 0.1) is 0 Å². The van der Waals surface area contributed by atoms with E-state index < -0.39 is 0 Å². The molecule has 2 rings (SSSR count). The van der Waals surface area contributed by atoms with Gasteiger partial charge in [0, 0.05) is 29.7 Å². The standard InChI is InChI=1S/C14H20N2O/c1-16(2)14(8-5-9-17)12-10-15-13-7-4-3-6-11(12)13/h3-4,6-7,10,14-15,17H,5,8-9H2,1-2H3. The van der Waals surface area contributed by atoms with E-state index in [0.29, 0.717) is 6.04 Å². The average Bonchev–Trinajstić information content (AvgIpc) is 2.73. The first-order chi connectivity index (χ1) is 8.24. The van der Waals surface area contributed by atoms with Gasteiger partial charge in [-0.1, -0.05) is 18.2 Å². The highest BCUT2D eigenvalue weighted by Crippen LogP contribution is 2.29. The van der Waals surface area contributed by atoms with E-state index in [1.165, 1.54) is 16.5 Å². The van der Waals surface area contributed by atoms with Gasteiger partial charge in [-0.25, -0.2) is 0 Å². The lowest BCUT2D eigenvalue weighted by molar-refractivity contribution is 0.236.